The van der Waals surface area contributed by atoms with Crippen molar-refractivity contribution in [2.24, 2.45) is 22.2 Å². The maximum atomic E-state index is 12.2. The van der Waals surface area contributed by atoms with Crippen molar-refractivity contribution in [3.05, 3.63) is 0 Å². The normalized spacial score (nSPS) is 12.8. The molecule has 2 amide bonds. The largest absolute Gasteiger partial charge is 0.480 e. The highest BCUT2D eigenvalue weighted by Gasteiger charge is 2.25. The predicted octanol–water partition coefficient (Wildman–Crippen LogP) is -2.19. The van der Waals surface area contributed by atoms with Crippen molar-refractivity contribution in [2.45, 2.75) is 31.3 Å². The van der Waals surface area contributed by atoms with E-state index in [0.717, 1.165) is 0 Å². The Hall–Kier alpha value is -2.01. The Kier molecular flexibility index (Phi) is 11.4. The quantitative estimate of drug-likeness (QED) is 0.128. The molecule has 0 rings (SSSR count). The van der Waals surface area contributed by atoms with E-state index in [-0.39, 0.29) is 25.5 Å². The number of carbonyl (C=O) groups is 3. The molecule has 0 radical (unpaired) electrons. The number of nitrogens with two attached hydrogens (primary N) is 3. The smallest absolute Gasteiger partial charge is 0.326 e. The molecular formula is C13H26N6O4S. The first-order valence-electron chi connectivity index (χ1n) is 7.38. The predicted molar refractivity (Wildman–Crippen MR) is 93.5 cm³/mol. The minimum Gasteiger partial charge on any atom is -0.480 e. The highest BCUT2D eigenvalue weighted by atomic mass is 32.2. The third-order valence-electron chi connectivity index (χ3n) is 3.01. The van der Waals surface area contributed by atoms with E-state index in [2.05, 4.69) is 15.6 Å². The van der Waals surface area contributed by atoms with Crippen molar-refractivity contribution in [2.75, 3.05) is 25.1 Å². The number of rotatable bonds is 12. The van der Waals surface area contributed by atoms with Crippen LogP contribution in [0.2, 0.25) is 0 Å². The van der Waals surface area contributed by atoms with Gasteiger partial charge >= 0.3 is 5.97 Å². The van der Waals surface area contributed by atoms with Crippen LogP contribution < -0.4 is 27.8 Å². The Bertz CT molecular complexity index is 456. The summed E-state index contributed by atoms with van der Waals surface area (Å²) in [6, 6.07) is -1.91. The molecule has 0 fully saturated rings. The van der Waals surface area contributed by atoms with Gasteiger partial charge < -0.3 is 32.9 Å². The lowest BCUT2D eigenvalue weighted by Gasteiger charge is -2.21. The average molecular weight is 362 g/mol. The van der Waals surface area contributed by atoms with Crippen molar-refractivity contribution in [1.82, 2.24) is 10.6 Å². The number of hydrogen-bond donors (Lipinski definition) is 6. The number of thioether (sulfide) groups is 1. The molecule has 11 heteroatoms. The molecule has 0 heterocycles. The fraction of sp³-hybridized carbons (Fsp3) is 0.692. The average Bonchev–Trinajstić information content (AvgIpc) is 2.53. The summed E-state index contributed by atoms with van der Waals surface area (Å²) in [7, 11) is 0. The lowest BCUT2D eigenvalue weighted by molar-refractivity contribution is -0.142. The van der Waals surface area contributed by atoms with Crippen LogP contribution in [0, 0.1) is 0 Å². The van der Waals surface area contributed by atoms with Crippen LogP contribution in [0.25, 0.3) is 0 Å². The molecule has 0 aromatic rings. The Morgan fingerprint density at radius 3 is 2.33 bits per heavy atom. The maximum Gasteiger partial charge on any atom is 0.326 e. The number of aliphatic imine (C=N–C) groups is 1. The zero-order valence-electron chi connectivity index (χ0n) is 13.7. The number of guanidine groups is 1. The first-order chi connectivity index (χ1) is 11.3. The van der Waals surface area contributed by atoms with Crippen LogP contribution >= 0.6 is 11.8 Å². The molecule has 0 aliphatic carbocycles. The van der Waals surface area contributed by atoms with Crippen molar-refractivity contribution in [3.8, 4) is 0 Å². The highest BCUT2D eigenvalue weighted by molar-refractivity contribution is 7.98. The number of carboxylic acids is 1. The van der Waals surface area contributed by atoms with Crippen LogP contribution in [0.5, 0.6) is 0 Å². The molecule has 0 aromatic carbocycles. The van der Waals surface area contributed by atoms with E-state index in [0.29, 0.717) is 18.6 Å². The van der Waals surface area contributed by atoms with Crippen LogP contribution in [0.4, 0.5) is 0 Å². The van der Waals surface area contributed by atoms with Gasteiger partial charge in [0.15, 0.2) is 5.96 Å². The Morgan fingerprint density at radius 2 is 1.83 bits per heavy atom. The number of hydrogen-bond acceptors (Lipinski definition) is 6. The summed E-state index contributed by atoms with van der Waals surface area (Å²) >= 11 is 1.51. The van der Waals surface area contributed by atoms with Gasteiger partial charge in [-0.15, -0.1) is 0 Å². The lowest BCUT2D eigenvalue weighted by Crippen LogP contribution is -2.52. The number of aliphatic carboxylic acids is 1. The van der Waals surface area contributed by atoms with Crippen molar-refractivity contribution in [3.63, 3.8) is 0 Å². The standard InChI is InChI=1S/C13H26N6O4S/c1-24-6-4-8(18-10(20)7-14)11(21)19-9(12(22)23)3-2-5-17-13(15)16/h8-9H,2-7,14H2,1H3,(H,18,20)(H,19,21)(H,22,23)(H4,15,16,17). The van der Waals surface area contributed by atoms with Crippen LogP contribution in [-0.2, 0) is 14.4 Å². The Labute approximate surface area is 145 Å². The minimum absolute atomic E-state index is 0.0764. The van der Waals surface area contributed by atoms with Crippen LogP contribution in [0.1, 0.15) is 19.3 Å². The fourth-order valence-electron chi connectivity index (χ4n) is 1.79. The molecular weight excluding hydrogens is 336 g/mol. The van der Waals surface area contributed by atoms with E-state index in [1.54, 1.807) is 0 Å². The van der Waals surface area contributed by atoms with Crippen LogP contribution in [0.3, 0.4) is 0 Å². The molecule has 138 valence electrons. The van der Waals surface area contributed by atoms with Gasteiger partial charge in [-0.05, 0) is 31.3 Å². The molecule has 0 bridgehead atoms. The number of amides is 2. The van der Waals surface area contributed by atoms with E-state index in [4.69, 9.17) is 17.2 Å². The molecule has 0 saturated carbocycles. The van der Waals surface area contributed by atoms with Gasteiger partial charge in [0.25, 0.3) is 0 Å². The third-order valence-corrected chi connectivity index (χ3v) is 3.65. The molecule has 0 saturated heterocycles. The molecule has 24 heavy (non-hydrogen) atoms. The van der Waals surface area contributed by atoms with E-state index >= 15 is 0 Å². The van der Waals surface area contributed by atoms with Crippen LogP contribution in [-0.4, -0.2) is 66.0 Å². The van der Waals surface area contributed by atoms with Crippen molar-refractivity contribution >= 4 is 35.5 Å². The molecule has 10 nitrogen and oxygen atoms in total. The summed E-state index contributed by atoms with van der Waals surface area (Å²) in [5.41, 5.74) is 15.6. The summed E-state index contributed by atoms with van der Waals surface area (Å²) in [4.78, 5) is 38.7. The van der Waals surface area contributed by atoms with Gasteiger partial charge in [-0.25, -0.2) is 4.79 Å². The molecule has 2 unspecified atom stereocenters. The van der Waals surface area contributed by atoms with Crippen molar-refractivity contribution < 1.29 is 19.5 Å². The molecule has 9 N–H and O–H groups in total. The Morgan fingerprint density at radius 1 is 1.17 bits per heavy atom. The zero-order valence-corrected chi connectivity index (χ0v) is 14.5. The van der Waals surface area contributed by atoms with Gasteiger partial charge in [0.2, 0.25) is 11.8 Å². The SMILES string of the molecule is CSCCC(NC(=O)CN)C(=O)NC(CCCN=C(N)N)C(=O)O. The molecule has 0 aliphatic heterocycles. The van der Waals surface area contributed by atoms with Crippen LogP contribution in [0.15, 0.2) is 4.99 Å². The number of carboxylic acid groups (broad SMARTS) is 1. The minimum atomic E-state index is -1.16. The van der Waals surface area contributed by atoms with Gasteiger partial charge in [-0.3, -0.25) is 14.6 Å². The lowest BCUT2D eigenvalue weighted by atomic mass is 10.1. The van der Waals surface area contributed by atoms with E-state index in [1.165, 1.54) is 11.8 Å². The van der Waals surface area contributed by atoms with Gasteiger partial charge in [-0.2, -0.15) is 11.8 Å². The molecule has 0 spiro atoms. The summed E-state index contributed by atoms with van der Waals surface area (Å²) in [5, 5.41) is 14.1. The molecule has 2 atom stereocenters. The fourth-order valence-corrected chi connectivity index (χ4v) is 2.26. The Balaban J connectivity index is 4.69. The van der Waals surface area contributed by atoms with E-state index in [1.807, 2.05) is 6.26 Å². The summed E-state index contributed by atoms with van der Waals surface area (Å²) in [6.07, 6.45) is 2.79. The van der Waals surface area contributed by atoms with E-state index < -0.39 is 29.9 Å². The summed E-state index contributed by atoms with van der Waals surface area (Å²) in [6.45, 7) is 0.0196. The second kappa shape index (κ2) is 12.4. The zero-order chi connectivity index (χ0) is 18.5. The third kappa shape index (κ3) is 9.90. The first kappa shape index (κ1) is 22.0. The van der Waals surface area contributed by atoms with Gasteiger partial charge in [0.05, 0.1) is 6.54 Å². The first-order valence-corrected chi connectivity index (χ1v) is 8.78. The van der Waals surface area contributed by atoms with Gasteiger partial charge in [0, 0.05) is 6.54 Å². The molecule has 0 aromatic heterocycles. The maximum absolute atomic E-state index is 12.2. The topological polar surface area (TPSA) is 186 Å². The van der Waals surface area contributed by atoms with E-state index in [9.17, 15) is 19.5 Å². The number of nitrogens with one attached hydrogen (secondary N) is 2. The monoisotopic (exact) mass is 362 g/mol. The molecule has 0 aliphatic rings. The van der Waals surface area contributed by atoms with Crippen molar-refractivity contribution in [1.29, 1.82) is 0 Å². The number of nitrogens with zero attached hydrogens (tertiary/aromatic N) is 1. The summed E-state index contributed by atoms with van der Waals surface area (Å²) in [5.74, 6) is -1.64. The number of carbonyl (C=O) groups excluding carboxylic acids is 2. The van der Waals surface area contributed by atoms with Gasteiger partial charge in [-0.1, -0.05) is 0 Å². The highest BCUT2D eigenvalue weighted by Crippen LogP contribution is 2.04. The summed E-state index contributed by atoms with van der Waals surface area (Å²) < 4.78 is 0. The second-order valence-electron chi connectivity index (χ2n) is 4.95. The second-order valence-corrected chi connectivity index (χ2v) is 5.94. The van der Waals surface area contributed by atoms with Gasteiger partial charge in [0.1, 0.15) is 12.1 Å².